The maximum absolute atomic E-state index is 14.5. The first kappa shape index (κ1) is 26.2. The quantitative estimate of drug-likeness (QED) is 0.300. The summed E-state index contributed by atoms with van der Waals surface area (Å²) in [6, 6.07) is 17.1. The topological polar surface area (TPSA) is 0 Å². The van der Waals surface area contributed by atoms with Gasteiger partial charge in [-0.3, -0.25) is 0 Å². The van der Waals surface area contributed by atoms with E-state index in [1.807, 2.05) is 19.1 Å². The van der Waals surface area contributed by atoms with Gasteiger partial charge in [0.15, 0.2) is 0 Å². The molecule has 0 nitrogen and oxygen atoms in total. The predicted molar refractivity (Wildman–Crippen MR) is 148 cm³/mol. The second-order valence-electron chi connectivity index (χ2n) is 11.7. The highest BCUT2D eigenvalue weighted by Gasteiger charge is 2.31. The Hall–Kier alpha value is -1.89. The van der Waals surface area contributed by atoms with Crippen molar-refractivity contribution < 1.29 is 4.39 Å². The third-order valence-corrected chi connectivity index (χ3v) is 9.28. The summed E-state index contributed by atoms with van der Waals surface area (Å²) in [5.41, 5.74) is 3.55. The van der Waals surface area contributed by atoms with Gasteiger partial charge in [0.1, 0.15) is 5.82 Å². The molecule has 35 heavy (non-hydrogen) atoms. The fourth-order valence-electron chi connectivity index (χ4n) is 6.99. The van der Waals surface area contributed by atoms with Crippen LogP contribution in [0.3, 0.4) is 0 Å². The van der Waals surface area contributed by atoms with Gasteiger partial charge in [-0.2, -0.15) is 0 Å². The van der Waals surface area contributed by atoms with E-state index in [9.17, 15) is 4.39 Å². The van der Waals surface area contributed by atoms with Crippen molar-refractivity contribution in [2.45, 2.75) is 103 Å². The van der Waals surface area contributed by atoms with Gasteiger partial charge in [0.05, 0.1) is 0 Å². The summed E-state index contributed by atoms with van der Waals surface area (Å²) in [7, 11) is 0. The Kier molecular flexibility index (Phi) is 10.0. The standard InChI is InChI=1S/C34H47F/c1-3-4-6-11-33-23-18-29(25-34(33)35)13-12-27-14-19-31(20-15-27)32-21-16-28(17-22-32)24-26(2)30-9-7-5-8-10-30/h3-5,7-10,18,23,25-28,31-32H,6,11-17,19-22,24H2,1-2H3/t26-,27?,28?,31?,32?/m0/s1. The van der Waals surface area contributed by atoms with Crippen LogP contribution in [0.15, 0.2) is 60.7 Å². The van der Waals surface area contributed by atoms with Crippen LogP contribution in [0.4, 0.5) is 4.39 Å². The molecule has 0 spiro atoms. The lowest BCUT2D eigenvalue weighted by Gasteiger charge is -2.38. The van der Waals surface area contributed by atoms with Crippen molar-refractivity contribution in [2.75, 3.05) is 0 Å². The molecule has 0 unspecified atom stereocenters. The molecule has 2 aromatic carbocycles. The number of allylic oxidation sites excluding steroid dienone is 2. The summed E-state index contributed by atoms with van der Waals surface area (Å²) in [5, 5.41) is 0. The van der Waals surface area contributed by atoms with E-state index in [2.05, 4.69) is 49.4 Å². The van der Waals surface area contributed by atoms with Crippen LogP contribution in [0.2, 0.25) is 0 Å². The molecule has 0 aromatic heterocycles. The maximum atomic E-state index is 14.5. The van der Waals surface area contributed by atoms with Crippen LogP contribution in [0.5, 0.6) is 0 Å². The Balaban J connectivity index is 1.14. The number of rotatable bonds is 10. The van der Waals surface area contributed by atoms with Crippen molar-refractivity contribution in [2.24, 2.45) is 23.7 Å². The molecule has 0 amide bonds. The minimum Gasteiger partial charge on any atom is -0.207 e. The minimum atomic E-state index is -0.00974. The Morgan fingerprint density at radius 2 is 1.49 bits per heavy atom. The fourth-order valence-corrected chi connectivity index (χ4v) is 6.99. The van der Waals surface area contributed by atoms with Gasteiger partial charge in [0.25, 0.3) is 0 Å². The first-order valence-electron chi connectivity index (χ1n) is 14.6. The average Bonchev–Trinajstić information content (AvgIpc) is 2.90. The SMILES string of the molecule is CC=CCCc1ccc(CCC2CCC(C3CCC(C[C@H](C)c4ccccc4)CC3)CC2)cc1F. The number of halogens is 1. The van der Waals surface area contributed by atoms with E-state index in [0.29, 0.717) is 5.92 Å². The van der Waals surface area contributed by atoms with Gasteiger partial charge >= 0.3 is 0 Å². The number of benzene rings is 2. The van der Waals surface area contributed by atoms with E-state index in [1.165, 1.54) is 75.3 Å². The molecule has 0 saturated heterocycles. The Bertz CT molecular complexity index is 897. The molecule has 2 aromatic rings. The van der Waals surface area contributed by atoms with Gasteiger partial charge in [-0.25, -0.2) is 4.39 Å². The van der Waals surface area contributed by atoms with Crippen molar-refractivity contribution in [3.05, 3.63) is 83.2 Å². The van der Waals surface area contributed by atoms with Crippen molar-refractivity contribution in [3.8, 4) is 0 Å². The van der Waals surface area contributed by atoms with E-state index in [-0.39, 0.29) is 5.82 Å². The van der Waals surface area contributed by atoms with Crippen LogP contribution < -0.4 is 0 Å². The lowest BCUT2D eigenvalue weighted by atomic mass is 9.67. The Morgan fingerprint density at radius 1 is 0.829 bits per heavy atom. The lowest BCUT2D eigenvalue weighted by molar-refractivity contribution is 0.139. The first-order valence-corrected chi connectivity index (χ1v) is 14.6. The van der Waals surface area contributed by atoms with Crippen molar-refractivity contribution in [3.63, 3.8) is 0 Å². The van der Waals surface area contributed by atoms with Gasteiger partial charge in [-0.1, -0.05) is 87.2 Å². The van der Waals surface area contributed by atoms with Crippen LogP contribution in [0.1, 0.15) is 107 Å². The Morgan fingerprint density at radius 3 is 2.11 bits per heavy atom. The van der Waals surface area contributed by atoms with Crippen LogP contribution in [-0.4, -0.2) is 0 Å². The normalized spacial score (nSPS) is 26.1. The molecule has 0 bridgehead atoms. The molecule has 1 atom stereocenters. The summed E-state index contributed by atoms with van der Waals surface area (Å²) >= 11 is 0. The highest BCUT2D eigenvalue weighted by Crippen LogP contribution is 2.44. The van der Waals surface area contributed by atoms with Gasteiger partial charge in [-0.15, -0.1) is 0 Å². The average molecular weight is 475 g/mol. The molecular weight excluding hydrogens is 427 g/mol. The number of hydrogen-bond donors (Lipinski definition) is 0. The molecule has 0 radical (unpaired) electrons. The van der Waals surface area contributed by atoms with Crippen molar-refractivity contribution in [1.29, 1.82) is 0 Å². The number of hydrogen-bond acceptors (Lipinski definition) is 0. The highest BCUT2D eigenvalue weighted by atomic mass is 19.1. The van der Waals surface area contributed by atoms with E-state index in [4.69, 9.17) is 0 Å². The third kappa shape index (κ3) is 7.80. The van der Waals surface area contributed by atoms with Crippen LogP contribution >= 0.6 is 0 Å². The summed E-state index contributed by atoms with van der Waals surface area (Å²) in [4.78, 5) is 0. The molecular formula is C34H47F. The molecule has 190 valence electrons. The minimum absolute atomic E-state index is 0.00974. The smallest absolute Gasteiger partial charge is 0.126 e. The highest BCUT2D eigenvalue weighted by molar-refractivity contribution is 5.25. The zero-order chi connectivity index (χ0) is 24.5. The van der Waals surface area contributed by atoms with Gasteiger partial charge in [-0.05, 0) is 117 Å². The van der Waals surface area contributed by atoms with Crippen LogP contribution in [0, 0.1) is 29.5 Å². The largest absolute Gasteiger partial charge is 0.207 e. The second kappa shape index (κ2) is 13.4. The monoisotopic (exact) mass is 474 g/mol. The molecule has 4 rings (SSSR count). The van der Waals surface area contributed by atoms with E-state index in [1.54, 1.807) is 6.07 Å². The molecule has 2 aliphatic carbocycles. The maximum Gasteiger partial charge on any atom is 0.126 e. The summed E-state index contributed by atoms with van der Waals surface area (Å²) in [6.07, 6.45) is 20.9. The van der Waals surface area contributed by atoms with Crippen LogP contribution in [-0.2, 0) is 12.8 Å². The molecule has 2 saturated carbocycles. The molecule has 0 N–H and O–H groups in total. The van der Waals surface area contributed by atoms with Gasteiger partial charge in [0, 0.05) is 0 Å². The van der Waals surface area contributed by atoms with Gasteiger partial charge < -0.3 is 0 Å². The molecule has 0 aliphatic heterocycles. The van der Waals surface area contributed by atoms with Gasteiger partial charge in [0.2, 0.25) is 0 Å². The molecule has 2 fully saturated rings. The lowest BCUT2D eigenvalue weighted by Crippen LogP contribution is -2.26. The summed E-state index contributed by atoms with van der Waals surface area (Å²) in [5.74, 6) is 4.39. The predicted octanol–water partition coefficient (Wildman–Crippen LogP) is 10.1. The Labute approximate surface area is 214 Å². The number of aryl methyl sites for hydroxylation is 2. The molecule has 2 aliphatic rings. The zero-order valence-corrected chi connectivity index (χ0v) is 22.2. The van der Waals surface area contributed by atoms with Crippen molar-refractivity contribution >= 4 is 0 Å². The van der Waals surface area contributed by atoms with E-state index < -0.39 is 0 Å². The van der Waals surface area contributed by atoms with Crippen molar-refractivity contribution in [1.82, 2.24) is 0 Å². The summed E-state index contributed by atoms with van der Waals surface area (Å²) in [6.45, 7) is 4.43. The zero-order valence-electron chi connectivity index (χ0n) is 22.2. The third-order valence-electron chi connectivity index (χ3n) is 9.28. The summed E-state index contributed by atoms with van der Waals surface area (Å²) < 4.78 is 14.5. The second-order valence-corrected chi connectivity index (χ2v) is 11.7. The van der Waals surface area contributed by atoms with E-state index >= 15 is 0 Å². The fraction of sp³-hybridized carbons (Fsp3) is 0.588. The van der Waals surface area contributed by atoms with Crippen LogP contribution in [0.25, 0.3) is 0 Å². The van der Waals surface area contributed by atoms with E-state index in [0.717, 1.165) is 48.5 Å². The molecule has 0 heterocycles. The first-order chi connectivity index (χ1) is 17.1. The molecule has 1 heteroatoms.